The molecule has 0 heterocycles. The fraction of sp³-hybridized carbons (Fsp3) is 0.188. The highest BCUT2D eigenvalue weighted by atomic mass is 127. The van der Waals surface area contributed by atoms with Crippen molar-refractivity contribution in [2.45, 2.75) is 6.92 Å². The summed E-state index contributed by atoms with van der Waals surface area (Å²) in [6, 6.07) is 15.7. The molecule has 3 N–H and O–H groups in total. The van der Waals surface area contributed by atoms with E-state index in [1.165, 1.54) is 5.56 Å². The fourth-order valence-electron chi connectivity index (χ4n) is 1.71. The minimum atomic E-state index is 0. The van der Waals surface area contributed by atoms with Gasteiger partial charge in [-0.15, -0.1) is 24.0 Å². The van der Waals surface area contributed by atoms with E-state index in [-0.39, 0.29) is 24.0 Å². The third-order valence-electron chi connectivity index (χ3n) is 2.76. The Balaban J connectivity index is 0.00000242. The second kappa shape index (κ2) is 9.68. The Labute approximate surface area is 156 Å². The van der Waals surface area contributed by atoms with Gasteiger partial charge in [-0.1, -0.05) is 39.7 Å². The number of rotatable bonds is 5. The zero-order chi connectivity index (χ0) is 15.1. The van der Waals surface area contributed by atoms with E-state index in [2.05, 4.69) is 26.2 Å². The SMILES string of the molecule is Cc1ccc(NC(N)=NCCOc2cccc(Br)c2)cc1.I. The molecule has 0 amide bonds. The van der Waals surface area contributed by atoms with Crippen LogP contribution in [0.1, 0.15) is 5.56 Å². The van der Waals surface area contributed by atoms with Gasteiger partial charge in [-0.3, -0.25) is 0 Å². The van der Waals surface area contributed by atoms with Crippen LogP contribution in [0.4, 0.5) is 5.69 Å². The number of aliphatic imine (C=N–C) groups is 1. The van der Waals surface area contributed by atoms with Gasteiger partial charge in [0.05, 0.1) is 6.54 Å². The number of hydrogen-bond acceptors (Lipinski definition) is 2. The minimum absolute atomic E-state index is 0. The van der Waals surface area contributed by atoms with Crippen molar-refractivity contribution in [3.63, 3.8) is 0 Å². The number of nitrogens with one attached hydrogen (secondary N) is 1. The smallest absolute Gasteiger partial charge is 0.193 e. The molecule has 0 fully saturated rings. The van der Waals surface area contributed by atoms with Gasteiger partial charge in [0.15, 0.2) is 5.96 Å². The quantitative estimate of drug-likeness (QED) is 0.295. The third-order valence-corrected chi connectivity index (χ3v) is 3.26. The number of hydrogen-bond donors (Lipinski definition) is 2. The molecule has 4 nitrogen and oxygen atoms in total. The van der Waals surface area contributed by atoms with Crippen molar-refractivity contribution in [1.82, 2.24) is 0 Å². The minimum Gasteiger partial charge on any atom is -0.492 e. The first-order valence-electron chi connectivity index (χ1n) is 6.65. The van der Waals surface area contributed by atoms with Gasteiger partial charge in [0, 0.05) is 10.2 Å². The standard InChI is InChI=1S/C16H18BrN3O.HI/c1-12-5-7-14(8-6-12)20-16(18)19-9-10-21-15-4-2-3-13(17)11-15;/h2-8,11H,9-10H2,1H3,(H3,18,19,20);1H. The summed E-state index contributed by atoms with van der Waals surface area (Å²) in [5.41, 5.74) is 7.96. The molecule has 0 aliphatic carbocycles. The largest absolute Gasteiger partial charge is 0.492 e. The topological polar surface area (TPSA) is 59.6 Å². The molecule has 2 aromatic carbocycles. The van der Waals surface area contributed by atoms with Gasteiger partial charge in [0.1, 0.15) is 12.4 Å². The van der Waals surface area contributed by atoms with E-state index >= 15 is 0 Å². The monoisotopic (exact) mass is 475 g/mol. The summed E-state index contributed by atoms with van der Waals surface area (Å²) < 4.78 is 6.57. The molecule has 0 aliphatic rings. The number of benzene rings is 2. The molecule has 0 radical (unpaired) electrons. The van der Waals surface area contributed by atoms with Crippen LogP contribution in [-0.2, 0) is 0 Å². The van der Waals surface area contributed by atoms with Crippen molar-refractivity contribution in [1.29, 1.82) is 0 Å². The van der Waals surface area contributed by atoms with Gasteiger partial charge in [-0.25, -0.2) is 4.99 Å². The molecule has 6 heteroatoms. The fourth-order valence-corrected chi connectivity index (χ4v) is 2.09. The normalized spacial score (nSPS) is 10.7. The molecule has 2 rings (SSSR count). The van der Waals surface area contributed by atoms with E-state index in [0.29, 0.717) is 19.1 Å². The highest BCUT2D eigenvalue weighted by molar-refractivity contribution is 14.0. The van der Waals surface area contributed by atoms with Gasteiger partial charge in [-0.05, 0) is 37.3 Å². The van der Waals surface area contributed by atoms with Crippen molar-refractivity contribution < 1.29 is 4.74 Å². The lowest BCUT2D eigenvalue weighted by Gasteiger charge is -2.07. The predicted octanol–water partition coefficient (Wildman–Crippen LogP) is 4.18. The number of anilines is 1. The molecule has 22 heavy (non-hydrogen) atoms. The van der Waals surface area contributed by atoms with Gasteiger partial charge in [-0.2, -0.15) is 0 Å². The molecule has 118 valence electrons. The molecule has 0 atom stereocenters. The second-order valence-electron chi connectivity index (χ2n) is 4.56. The van der Waals surface area contributed by atoms with Crippen LogP contribution in [0.25, 0.3) is 0 Å². The van der Waals surface area contributed by atoms with Crippen molar-refractivity contribution in [3.8, 4) is 5.75 Å². The van der Waals surface area contributed by atoms with E-state index in [0.717, 1.165) is 15.9 Å². The van der Waals surface area contributed by atoms with Gasteiger partial charge in [0.25, 0.3) is 0 Å². The number of nitrogens with zero attached hydrogens (tertiary/aromatic N) is 1. The lowest BCUT2D eigenvalue weighted by Crippen LogP contribution is -2.23. The Bertz CT molecular complexity index is 617. The summed E-state index contributed by atoms with van der Waals surface area (Å²) in [5, 5.41) is 3.04. The van der Waals surface area contributed by atoms with Gasteiger partial charge in [0.2, 0.25) is 0 Å². The number of halogens is 2. The van der Waals surface area contributed by atoms with Crippen LogP contribution in [0.15, 0.2) is 58.0 Å². The summed E-state index contributed by atoms with van der Waals surface area (Å²) >= 11 is 3.40. The van der Waals surface area contributed by atoms with Crippen LogP contribution in [0.5, 0.6) is 5.75 Å². The Kier molecular flexibility index (Phi) is 8.26. The average molecular weight is 476 g/mol. The molecule has 0 aliphatic heterocycles. The van der Waals surface area contributed by atoms with Crippen molar-refractivity contribution in [2.75, 3.05) is 18.5 Å². The first-order valence-corrected chi connectivity index (χ1v) is 7.45. The zero-order valence-electron chi connectivity index (χ0n) is 12.3. The maximum Gasteiger partial charge on any atom is 0.193 e. The zero-order valence-corrected chi connectivity index (χ0v) is 16.2. The summed E-state index contributed by atoms with van der Waals surface area (Å²) in [6.07, 6.45) is 0. The third kappa shape index (κ3) is 6.65. The molecular weight excluding hydrogens is 457 g/mol. The summed E-state index contributed by atoms with van der Waals surface area (Å²) in [6.45, 7) is 3.02. The molecule has 2 aromatic rings. The number of guanidine groups is 1. The van der Waals surface area contributed by atoms with E-state index < -0.39 is 0 Å². The van der Waals surface area contributed by atoms with Crippen LogP contribution < -0.4 is 15.8 Å². The van der Waals surface area contributed by atoms with Crippen LogP contribution in [0, 0.1) is 6.92 Å². The highest BCUT2D eigenvalue weighted by Crippen LogP contribution is 2.17. The van der Waals surface area contributed by atoms with Crippen LogP contribution in [0.3, 0.4) is 0 Å². The molecule has 0 aromatic heterocycles. The molecule has 0 saturated carbocycles. The summed E-state index contributed by atoms with van der Waals surface area (Å²) in [4.78, 5) is 4.23. The molecule has 0 bridgehead atoms. The summed E-state index contributed by atoms with van der Waals surface area (Å²) in [7, 11) is 0. The Hall–Kier alpha value is -1.28. The van der Waals surface area contributed by atoms with Gasteiger partial charge < -0.3 is 15.8 Å². The average Bonchev–Trinajstić information content (AvgIpc) is 2.46. The maximum atomic E-state index is 5.82. The molecule has 0 unspecified atom stereocenters. The first-order chi connectivity index (χ1) is 10.1. The van der Waals surface area contributed by atoms with E-state index in [1.54, 1.807) is 0 Å². The van der Waals surface area contributed by atoms with Gasteiger partial charge >= 0.3 is 0 Å². The number of aryl methyl sites for hydroxylation is 1. The van der Waals surface area contributed by atoms with E-state index in [9.17, 15) is 0 Å². The Morgan fingerprint density at radius 3 is 2.64 bits per heavy atom. The Morgan fingerprint density at radius 2 is 1.95 bits per heavy atom. The van der Waals surface area contributed by atoms with Crippen LogP contribution in [0.2, 0.25) is 0 Å². The van der Waals surface area contributed by atoms with Crippen molar-refractivity contribution >= 4 is 51.6 Å². The van der Waals surface area contributed by atoms with Crippen molar-refractivity contribution in [2.24, 2.45) is 10.7 Å². The number of nitrogens with two attached hydrogens (primary N) is 1. The molecule has 0 spiro atoms. The lowest BCUT2D eigenvalue weighted by atomic mass is 10.2. The van der Waals surface area contributed by atoms with E-state index in [4.69, 9.17) is 10.5 Å². The molecule has 0 saturated heterocycles. The second-order valence-corrected chi connectivity index (χ2v) is 5.48. The van der Waals surface area contributed by atoms with E-state index in [1.807, 2.05) is 55.5 Å². The maximum absolute atomic E-state index is 5.82. The summed E-state index contributed by atoms with van der Waals surface area (Å²) in [5.74, 6) is 1.20. The number of ether oxygens (including phenoxy) is 1. The Morgan fingerprint density at radius 1 is 1.23 bits per heavy atom. The lowest BCUT2D eigenvalue weighted by molar-refractivity contribution is 0.328. The predicted molar refractivity (Wildman–Crippen MR) is 106 cm³/mol. The van der Waals surface area contributed by atoms with Crippen molar-refractivity contribution in [3.05, 3.63) is 58.6 Å². The molecular formula is C16H19BrIN3O. The van der Waals surface area contributed by atoms with Crippen LogP contribution >= 0.6 is 39.9 Å². The van der Waals surface area contributed by atoms with Crippen LogP contribution in [-0.4, -0.2) is 19.1 Å². The first kappa shape index (κ1) is 18.8. The highest BCUT2D eigenvalue weighted by Gasteiger charge is 1.96.